The van der Waals surface area contributed by atoms with Gasteiger partial charge in [-0.2, -0.15) is 0 Å². The van der Waals surface area contributed by atoms with Gasteiger partial charge in [0, 0.05) is 113 Å². The van der Waals surface area contributed by atoms with Crippen molar-refractivity contribution < 1.29 is 67.1 Å². The number of hydrogen-bond acceptors (Lipinski definition) is 17. The highest BCUT2D eigenvalue weighted by atomic mass is 16.2. The van der Waals surface area contributed by atoms with Gasteiger partial charge < -0.3 is 112 Å². The Bertz CT molecular complexity index is 4870. The van der Waals surface area contributed by atoms with Gasteiger partial charge in [0.25, 0.3) is 0 Å². The van der Waals surface area contributed by atoms with Crippen molar-refractivity contribution in [3.8, 4) is 0 Å². The van der Waals surface area contributed by atoms with Crippen LogP contribution in [0.5, 0.6) is 0 Å². The highest BCUT2D eigenvalue weighted by Gasteiger charge is 2.44. The van der Waals surface area contributed by atoms with Crippen LogP contribution in [-0.2, 0) is 92.8 Å². The predicted molar refractivity (Wildman–Crippen MR) is 487 cm³/mol. The number of benzene rings is 4. The largest absolute Gasteiger partial charge is 0.370 e. The van der Waals surface area contributed by atoms with Gasteiger partial charge in [-0.05, 0) is 156 Å². The molecule has 696 valence electrons. The van der Waals surface area contributed by atoms with Gasteiger partial charge in [0.2, 0.25) is 82.7 Å². The van der Waals surface area contributed by atoms with E-state index in [0.29, 0.717) is 77.3 Å². The molecule has 1 aliphatic carbocycles. The molecule has 12 atom stereocenters. The minimum absolute atomic E-state index is 0.0545. The molecule has 5 aliphatic rings. The minimum Gasteiger partial charge on any atom is -0.370 e. The Morgan fingerprint density at radius 2 is 0.806 bits per heavy atom. The first-order chi connectivity index (χ1) is 62.2. The van der Waals surface area contributed by atoms with Crippen molar-refractivity contribution in [2.75, 3.05) is 45.8 Å². The number of aromatic amines is 2. The van der Waals surface area contributed by atoms with Crippen LogP contribution < -0.4 is 92.5 Å². The molecule has 14 amide bonds. The predicted octanol–water partition coefficient (Wildman–Crippen LogP) is 1.19. The van der Waals surface area contributed by atoms with Crippen LogP contribution in [-0.4, -0.2) is 233 Å². The standard InChI is InChI=1S/C48H67N11O7.C44H62N12O7/c1-30(60)54-38(26-31-14-4-2-5-15-31)43(62)56-37-21-12-24-51-42(61)36(20-10-11-23-52-48(49)50)55-45(64)40(28-33-29-53-35-19-9-8-18-34(33)35)57-44(63)39(27-32-16-6-3-7-17-32)58-46(65)41-22-13-25-59(41)47(37)66;1-27(57)51-35(24-28-12-3-2-4-13-28)40(60)54-34-18-10-21-48-38(58)32(17-9-22-49-44(46)47)52-41(61)36(25-29-26-50-31-15-6-5-14-30(29)31)55-39(59)33(16-7-8-20-45)53-42(62)37-19-11-23-56(37)43(34)63/h2,4-5,8-9,14-15,18-19,29,32,36-41,53H,3,6-7,10-13,16-17,20-28H2,1H3,(H,51,61)(H,54,60)(H,55,64)(H,56,62)(H,57,63)(H,58,65)(H4,49,50,52);2-6,12-15,26,32-37,50H,7-11,16-25,45H2,1H3,(H,48,58)(H,51,57)(H,52,61)(H,53,62)(H,54,60)(H,55,59)(H4,46,47,49)/t36-,37?,38-,39+,40-,41-;32-,33+,34?,35-,36-,37-/m00/s1. The fourth-order valence-corrected chi connectivity index (χ4v) is 17.5. The lowest BCUT2D eigenvalue weighted by Crippen LogP contribution is -2.60. The van der Waals surface area contributed by atoms with Crippen LogP contribution in [0.25, 0.3) is 21.8 Å². The molecule has 4 saturated heterocycles. The topological polar surface area (TPSA) is 576 Å². The molecule has 0 spiro atoms. The number of fused-ring (bicyclic) bond motifs is 4. The van der Waals surface area contributed by atoms with Gasteiger partial charge in [0.15, 0.2) is 11.9 Å². The van der Waals surface area contributed by atoms with Gasteiger partial charge >= 0.3 is 0 Å². The lowest BCUT2D eigenvalue weighted by Gasteiger charge is -2.32. The zero-order valence-electron chi connectivity index (χ0n) is 73.8. The fourth-order valence-electron chi connectivity index (χ4n) is 17.5. The van der Waals surface area contributed by atoms with Gasteiger partial charge in [0.1, 0.15) is 72.5 Å². The van der Waals surface area contributed by atoms with Crippen molar-refractivity contribution in [3.05, 3.63) is 144 Å². The first-order valence-corrected chi connectivity index (χ1v) is 45.3. The van der Waals surface area contributed by atoms with Crippen molar-refractivity contribution in [3.63, 3.8) is 0 Å². The SMILES string of the molecule is CC(=O)N[C@@H](Cc1ccccc1)C(=O)NC1CCCNC(=O)[C@H](CCCCN=C(N)N)NC(=O)[C@H](Cc2c[nH]c3ccccc23)NC(=O)[C@@H](CC2CCCCC2)NC(=O)[C@@H]2CCCN2C1=O.CC(=O)N[C@@H](Cc1ccccc1)C(=O)NC1CCCNC(=O)[C@H](CCCN=C(N)N)NC(=O)[C@H](Cc2c[nH]c3ccccc23)NC(=O)[C@@H](CCCCN)NC(=O)[C@@H]2CCCN2C1=O. The number of nitrogens with two attached hydrogens (primary N) is 5. The van der Waals surface area contributed by atoms with Crippen LogP contribution in [0.4, 0.5) is 0 Å². The van der Waals surface area contributed by atoms with Crippen LogP contribution in [0, 0.1) is 5.92 Å². The highest BCUT2D eigenvalue weighted by Crippen LogP contribution is 2.30. The second kappa shape index (κ2) is 50.0. The maximum Gasteiger partial charge on any atom is 0.245 e. The number of H-pyrrole nitrogens is 2. The molecule has 24 N–H and O–H groups in total. The Balaban J connectivity index is 0.000000269. The highest BCUT2D eigenvalue weighted by molar-refractivity contribution is 6.01. The summed E-state index contributed by atoms with van der Waals surface area (Å²) >= 11 is 0. The third-order valence-electron chi connectivity index (χ3n) is 24.2. The van der Waals surface area contributed by atoms with Crippen LogP contribution in [0.3, 0.4) is 0 Å². The fraction of sp³-hybridized carbons (Fsp3) is 0.522. The quantitative estimate of drug-likeness (QED) is 0.0178. The smallest absolute Gasteiger partial charge is 0.245 e. The van der Waals surface area contributed by atoms with Gasteiger partial charge in [-0.25, -0.2) is 0 Å². The van der Waals surface area contributed by atoms with Gasteiger partial charge in [-0.3, -0.25) is 77.1 Å². The number of para-hydroxylation sites is 2. The molecule has 2 unspecified atom stereocenters. The van der Waals surface area contributed by atoms with E-state index in [0.717, 1.165) is 76.2 Å². The van der Waals surface area contributed by atoms with E-state index in [1.165, 1.54) is 23.6 Å². The number of unbranched alkanes of at least 4 members (excludes halogenated alkanes) is 2. The maximum atomic E-state index is 14.6. The summed E-state index contributed by atoms with van der Waals surface area (Å²) in [5.41, 5.74) is 32.7. The van der Waals surface area contributed by atoms with E-state index in [4.69, 9.17) is 28.7 Å². The van der Waals surface area contributed by atoms with Gasteiger partial charge in [-0.1, -0.05) is 129 Å². The van der Waals surface area contributed by atoms with Crippen molar-refractivity contribution in [2.45, 2.75) is 253 Å². The van der Waals surface area contributed by atoms with Crippen LogP contribution in [0.15, 0.2) is 132 Å². The van der Waals surface area contributed by atoms with E-state index < -0.39 is 155 Å². The Morgan fingerprint density at radius 1 is 0.419 bits per heavy atom. The third kappa shape index (κ3) is 30.1. The van der Waals surface area contributed by atoms with Crippen LogP contribution >= 0.6 is 0 Å². The van der Waals surface area contributed by atoms with E-state index in [-0.39, 0.29) is 121 Å². The minimum atomic E-state index is -1.17. The molecule has 5 fully saturated rings. The number of hydrogen-bond donors (Lipinski definition) is 19. The molecular weight excluding hydrogens is 1650 g/mol. The molecule has 11 rings (SSSR count). The Hall–Kier alpha value is -13.0. The molecule has 129 heavy (non-hydrogen) atoms. The lowest BCUT2D eigenvalue weighted by molar-refractivity contribution is -0.143. The van der Waals surface area contributed by atoms with E-state index in [1.807, 2.05) is 109 Å². The number of amides is 14. The Morgan fingerprint density at radius 3 is 1.26 bits per heavy atom. The second-order valence-electron chi connectivity index (χ2n) is 34.0. The van der Waals surface area contributed by atoms with Crippen LogP contribution in [0.2, 0.25) is 0 Å². The molecule has 1 saturated carbocycles. The molecule has 6 heterocycles. The lowest BCUT2D eigenvalue weighted by atomic mass is 9.84. The number of aromatic nitrogens is 2. The zero-order valence-corrected chi connectivity index (χ0v) is 73.8. The van der Waals surface area contributed by atoms with E-state index in [9.17, 15) is 67.1 Å². The molecule has 2 aromatic heterocycles. The second-order valence-corrected chi connectivity index (χ2v) is 34.0. The van der Waals surface area contributed by atoms with Crippen LogP contribution in [0.1, 0.15) is 177 Å². The molecule has 0 bridgehead atoms. The van der Waals surface area contributed by atoms with Gasteiger partial charge in [0.05, 0.1) is 0 Å². The van der Waals surface area contributed by atoms with Crippen molar-refractivity contribution in [1.29, 1.82) is 0 Å². The first kappa shape index (κ1) is 98.2. The molecule has 4 aromatic carbocycles. The molecule has 4 aliphatic heterocycles. The van der Waals surface area contributed by atoms with Crippen molar-refractivity contribution >= 4 is 116 Å². The van der Waals surface area contributed by atoms with E-state index in [2.05, 4.69) is 83.8 Å². The monoisotopic (exact) mass is 1780 g/mol. The summed E-state index contributed by atoms with van der Waals surface area (Å²) in [7, 11) is 0. The molecule has 37 nitrogen and oxygen atoms in total. The zero-order chi connectivity index (χ0) is 92.3. The summed E-state index contributed by atoms with van der Waals surface area (Å²) in [6.07, 6.45) is 14.4. The number of aliphatic imine (C=N–C) groups is 2. The summed E-state index contributed by atoms with van der Waals surface area (Å²) in [5.74, 6) is -7.43. The summed E-state index contributed by atoms with van der Waals surface area (Å²) in [4.78, 5) is 213. The number of carbonyl (C=O) groups excluding carboxylic acids is 14. The third-order valence-corrected chi connectivity index (χ3v) is 24.2. The summed E-state index contributed by atoms with van der Waals surface area (Å²) < 4.78 is 0. The normalized spacial score (nSPS) is 22.7. The number of rotatable bonds is 29. The summed E-state index contributed by atoms with van der Waals surface area (Å²) in [6, 6.07) is 20.8. The van der Waals surface area contributed by atoms with E-state index in [1.54, 1.807) is 12.4 Å². The molecule has 0 radical (unpaired) electrons. The van der Waals surface area contributed by atoms with E-state index >= 15 is 0 Å². The number of nitrogens with zero attached hydrogens (tertiary/aromatic N) is 4. The number of guanidine groups is 2. The number of nitrogens with one attached hydrogen (secondary N) is 14. The van der Waals surface area contributed by atoms with Gasteiger partial charge in [-0.15, -0.1) is 0 Å². The average molecular weight is 1780 g/mol. The average Bonchev–Trinajstić information content (AvgIpc) is 1.76. The van der Waals surface area contributed by atoms with Crippen molar-refractivity contribution in [2.24, 2.45) is 44.6 Å². The molecular formula is C92H129N23O14. The summed E-state index contributed by atoms with van der Waals surface area (Å²) in [6.45, 7) is 4.09. The first-order valence-electron chi connectivity index (χ1n) is 45.3. The Kier molecular flexibility index (Phi) is 38.0. The van der Waals surface area contributed by atoms with Crippen molar-refractivity contribution in [1.82, 2.24) is 83.6 Å². The number of carbonyl (C=O) groups is 14. The maximum absolute atomic E-state index is 14.6. The molecule has 6 aromatic rings. The summed E-state index contributed by atoms with van der Waals surface area (Å²) in [5, 5.41) is 36.1. The molecule has 37 heteroatoms. The Labute approximate surface area is 751 Å².